The second-order valence-corrected chi connectivity index (χ2v) is 19.0. The summed E-state index contributed by atoms with van der Waals surface area (Å²) in [6, 6.07) is 8.58. The van der Waals surface area contributed by atoms with Gasteiger partial charge in [0.2, 0.25) is 5.95 Å². The molecule has 1 saturated carbocycles. The summed E-state index contributed by atoms with van der Waals surface area (Å²) in [6.45, 7) is 23.1. The number of hydrogen-bond acceptors (Lipinski definition) is 10. The van der Waals surface area contributed by atoms with Crippen LogP contribution in [0, 0.1) is 17.2 Å². The summed E-state index contributed by atoms with van der Waals surface area (Å²) in [5, 5.41) is 22.6. The molecule has 2 unspecified atom stereocenters. The number of nitrogens with one attached hydrogen (secondary N) is 5. The molecule has 0 bridgehead atoms. The molecule has 3 fully saturated rings. The van der Waals surface area contributed by atoms with Gasteiger partial charge < -0.3 is 36.4 Å². The molecular formula is C49H63ClF3N11. The van der Waals surface area contributed by atoms with Gasteiger partial charge >= 0.3 is 0 Å². The third kappa shape index (κ3) is 9.45. The summed E-state index contributed by atoms with van der Waals surface area (Å²) in [4.78, 5) is 13.9. The summed E-state index contributed by atoms with van der Waals surface area (Å²) in [5.74, 6) is -1.85. The number of piperidine rings is 1. The molecule has 4 aromatic rings. The normalized spacial score (nSPS) is 21.0. The fraction of sp³-hybridized carbons (Fsp3) is 0.490. The van der Waals surface area contributed by atoms with Crippen molar-refractivity contribution in [2.24, 2.45) is 18.4 Å². The van der Waals surface area contributed by atoms with Crippen LogP contribution in [0.25, 0.3) is 16.6 Å². The molecule has 0 amide bonds. The highest BCUT2D eigenvalue weighted by atomic mass is 35.5. The van der Waals surface area contributed by atoms with Gasteiger partial charge in [-0.15, -0.1) is 0 Å². The van der Waals surface area contributed by atoms with Gasteiger partial charge in [0.25, 0.3) is 5.92 Å². The Morgan fingerprint density at radius 3 is 2.56 bits per heavy atom. The first-order chi connectivity index (χ1) is 30.7. The summed E-state index contributed by atoms with van der Waals surface area (Å²) >= 11 is 6.59. The molecule has 1 spiro atoms. The lowest BCUT2D eigenvalue weighted by molar-refractivity contribution is -0.0320. The summed E-state index contributed by atoms with van der Waals surface area (Å²) in [7, 11) is 2.03. The zero-order chi connectivity index (χ0) is 45.3. The van der Waals surface area contributed by atoms with Crippen molar-refractivity contribution in [3.8, 4) is 0 Å². The molecule has 2 atom stereocenters. The van der Waals surface area contributed by atoms with E-state index < -0.39 is 17.8 Å². The summed E-state index contributed by atoms with van der Waals surface area (Å²) in [6.07, 6.45) is 10.5. The number of hydrogen-bond donors (Lipinski definition) is 5. The van der Waals surface area contributed by atoms with Crippen molar-refractivity contribution in [3.05, 3.63) is 102 Å². The van der Waals surface area contributed by atoms with Gasteiger partial charge in [0.1, 0.15) is 10.8 Å². The minimum Gasteiger partial charge on any atom is -0.376 e. The Labute approximate surface area is 380 Å². The van der Waals surface area contributed by atoms with E-state index in [2.05, 4.69) is 86.2 Å². The number of halogens is 4. The third-order valence-corrected chi connectivity index (χ3v) is 14.2. The topological polar surface area (TPSA) is 110 Å². The summed E-state index contributed by atoms with van der Waals surface area (Å²) in [5.41, 5.74) is 7.99. The lowest BCUT2D eigenvalue weighted by atomic mass is 9.66. The number of fused-ring (bicyclic) bond motifs is 1. The highest BCUT2D eigenvalue weighted by Crippen LogP contribution is 2.47. The highest BCUT2D eigenvalue weighted by Gasteiger charge is 2.46. The molecule has 11 nitrogen and oxygen atoms in total. The fourth-order valence-corrected chi connectivity index (χ4v) is 10.2. The number of nitrogens with zero attached hydrogens (tertiary/aromatic N) is 6. The van der Waals surface area contributed by atoms with Crippen molar-refractivity contribution in [3.63, 3.8) is 0 Å². The highest BCUT2D eigenvalue weighted by molar-refractivity contribution is 6.33. The number of allylic oxidation sites excluding steroid dienone is 3. The first kappa shape index (κ1) is 45.4. The minimum absolute atomic E-state index is 0.110. The van der Waals surface area contributed by atoms with Crippen LogP contribution in [-0.4, -0.2) is 71.0 Å². The number of anilines is 5. The Morgan fingerprint density at radius 2 is 1.83 bits per heavy atom. The number of aromatic nitrogens is 4. The first-order valence-corrected chi connectivity index (χ1v) is 23.2. The van der Waals surface area contributed by atoms with Crippen molar-refractivity contribution in [2.45, 2.75) is 96.4 Å². The molecule has 1 aliphatic carbocycles. The van der Waals surface area contributed by atoms with E-state index in [1.54, 1.807) is 6.07 Å². The van der Waals surface area contributed by atoms with Gasteiger partial charge in [-0.3, -0.25) is 4.68 Å². The van der Waals surface area contributed by atoms with Crippen molar-refractivity contribution in [2.75, 3.05) is 59.7 Å². The van der Waals surface area contributed by atoms with E-state index in [1.807, 2.05) is 18.7 Å². The molecule has 2 aromatic carbocycles. The van der Waals surface area contributed by atoms with Crippen LogP contribution in [-0.2, 0) is 7.05 Å². The average molecular weight is 899 g/mol. The lowest BCUT2D eigenvalue weighted by Gasteiger charge is -2.53. The van der Waals surface area contributed by atoms with Crippen LogP contribution in [0.1, 0.15) is 95.7 Å². The summed E-state index contributed by atoms with van der Waals surface area (Å²) < 4.78 is 47.1. The molecule has 8 rings (SSSR count). The first-order valence-electron chi connectivity index (χ1n) is 22.8. The Morgan fingerprint density at radius 1 is 1.05 bits per heavy atom. The molecule has 342 valence electrons. The lowest BCUT2D eigenvalue weighted by Crippen LogP contribution is -2.58. The van der Waals surface area contributed by atoms with E-state index in [0.29, 0.717) is 28.8 Å². The predicted octanol–water partition coefficient (Wildman–Crippen LogP) is 10.6. The van der Waals surface area contributed by atoms with Crippen molar-refractivity contribution in [1.29, 1.82) is 0 Å². The van der Waals surface area contributed by atoms with Crippen LogP contribution >= 0.6 is 11.6 Å². The Bertz CT molecular complexity index is 2430. The Hall–Kier alpha value is -5.21. The van der Waals surface area contributed by atoms with Crippen LogP contribution in [0.3, 0.4) is 0 Å². The van der Waals surface area contributed by atoms with Crippen LogP contribution < -0.4 is 36.4 Å². The molecule has 64 heavy (non-hydrogen) atoms. The van der Waals surface area contributed by atoms with Crippen LogP contribution in [0.2, 0.25) is 5.02 Å². The van der Waals surface area contributed by atoms with Gasteiger partial charge in [0, 0.05) is 97.3 Å². The second-order valence-electron chi connectivity index (χ2n) is 18.5. The number of rotatable bonds is 15. The smallest absolute Gasteiger partial charge is 0.267 e. The van der Waals surface area contributed by atoms with E-state index in [0.717, 1.165) is 99.6 Å². The van der Waals surface area contributed by atoms with E-state index in [-0.39, 0.29) is 40.7 Å². The van der Waals surface area contributed by atoms with Gasteiger partial charge in [-0.25, -0.2) is 18.2 Å². The van der Waals surface area contributed by atoms with E-state index >= 15 is 4.39 Å². The monoisotopic (exact) mass is 897 g/mol. The molecule has 3 aliphatic heterocycles. The van der Waals surface area contributed by atoms with Crippen LogP contribution in [0.15, 0.2) is 79.4 Å². The molecule has 4 aliphatic rings. The maximum Gasteiger partial charge on any atom is 0.267 e. The largest absolute Gasteiger partial charge is 0.376 e. The van der Waals surface area contributed by atoms with Gasteiger partial charge in [0.15, 0.2) is 5.82 Å². The van der Waals surface area contributed by atoms with E-state index in [4.69, 9.17) is 21.7 Å². The quantitative estimate of drug-likeness (QED) is 0.0740. The third-order valence-electron chi connectivity index (χ3n) is 13.9. The number of alkyl halides is 2. The van der Waals surface area contributed by atoms with Crippen LogP contribution in [0.5, 0.6) is 0 Å². The number of aryl methyl sites for hydroxylation is 1. The zero-order valence-corrected chi connectivity index (χ0v) is 38.5. The molecule has 2 saturated heterocycles. The van der Waals surface area contributed by atoms with E-state index in [9.17, 15) is 8.78 Å². The van der Waals surface area contributed by atoms with Gasteiger partial charge in [-0.2, -0.15) is 10.1 Å². The fourth-order valence-electron chi connectivity index (χ4n) is 10.1. The maximum absolute atomic E-state index is 15.7. The van der Waals surface area contributed by atoms with Crippen molar-refractivity contribution >= 4 is 57.0 Å². The molecule has 2 aromatic heterocycles. The van der Waals surface area contributed by atoms with Gasteiger partial charge in [0.05, 0.1) is 34.8 Å². The second kappa shape index (κ2) is 18.7. The van der Waals surface area contributed by atoms with E-state index in [1.165, 1.54) is 49.3 Å². The predicted molar refractivity (Wildman–Crippen MR) is 256 cm³/mol. The molecule has 5 N–H and O–H groups in total. The van der Waals surface area contributed by atoms with Gasteiger partial charge in [-0.1, -0.05) is 38.3 Å². The Balaban J connectivity index is 0.842. The number of benzene rings is 2. The molecular weight excluding hydrogens is 835 g/mol. The molecule has 15 heteroatoms. The minimum atomic E-state index is -2.89. The van der Waals surface area contributed by atoms with Crippen LogP contribution in [0.4, 0.5) is 42.0 Å². The zero-order valence-electron chi connectivity index (χ0n) is 37.7. The SMILES string of the molecule is C=CNc1cc(F)c(Nc2nc(N3CC4(CCC(CNCCN(CCC)c5ccc6c(C7CCC(=C)NC7=C)nn(C)c6c5)CC4)C3)ncc2Cl)cc1C1=C(C)CCC(F)(F)C(C)N1. The van der Waals surface area contributed by atoms with Crippen molar-refractivity contribution < 1.29 is 13.2 Å². The van der Waals surface area contributed by atoms with Gasteiger partial charge in [-0.05, 0) is 114 Å². The molecule has 5 heterocycles. The maximum atomic E-state index is 15.7. The molecule has 0 radical (unpaired) electrons. The Kier molecular flexibility index (Phi) is 13.3. The average Bonchev–Trinajstić information content (AvgIpc) is 3.53. The standard InChI is InChI=1S/C49H63ClF3N11/c1-8-21-63(35-11-13-37-43(23-35)62(7)61-45(37)36-12-10-31(4)57-32(36)5)22-20-54-26-34-15-17-48(18-16-34)28-64(29-48)47-56-27-39(50)46(60-47)59-42-24-38(41(55-9-2)25-40(42)51)44-30(3)14-19-49(52,53)33(6)58-44/h9,11,13,23-25,27,33-34,36,54-55,57-58H,2,4-5,8,10,12,14-22,26,28-29H2,1,3,6-7H3,(H,56,59,60). The van der Waals surface area contributed by atoms with Crippen molar-refractivity contribution in [1.82, 2.24) is 35.7 Å².